The molecule has 2 amide bonds. The Balaban J connectivity index is 1.83. The van der Waals surface area contributed by atoms with Crippen molar-refractivity contribution in [3.63, 3.8) is 0 Å². The third kappa shape index (κ3) is 4.13. The van der Waals surface area contributed by atoms with Gasteiger partial charge in [-0.1, -0.05) is 17.7 Å². The summed E-state index contributed by atoms with van der Waals surface area (Å²) in [6.07, 6.45) is 2.40. The van der Waals surface area contributed by atoms with Gasteiger partial charge < -0.3 is 15.4 Å². The Hall–Kier alpha value is -1.75. The van der Waals surface area contributed by atoms with Gasteiger partial charge in [0.25, 0.3) is 0 Å². The van der Waals surface area contributed by atoms with E-state index in [1.54, 1.807) is 13.2 Å². The second-order valence-electron chi connectivity index (χ2n) is 5.53. The average Bonchev–Trinajstić information content (AvgIpc) is 2.52. The highest BCUT2D eigenvalue weighted by Gasteiger charge is 2.25. The van der Waals surface area contributed by atoms with Gasteiger partial charge in [-0.15, -0.1) is 0 Å². The molecule has 120 valence electrons. The fraction of sp³-hybridized carbons (Fsp3) is 0.500. The first-order chi connectivity index (χ1) is 10.5. The number of benzene rings is 1. The molecule has 0 spiro atoms. The van der Waals surface area contributed by atoms with Crippen LogP contribution in [0, 0.1) is 5.92 Å². The molecule has 0 atom stereocenters. The first-order valence-corrected chi connectivity index (χ1v) is 7.78. The normalized spacial score (nSPS) is 15.6. The number of carbonyl (C=O) groups is 2. The summed E-state index contributed by atoms with van der Waals surface area (Å²) in [5.41, 5.74) is 6.30. The van der Waals surface area contributed by atoms with Gasteiger partial charge in [-0.3, -0.25) is 9.59 Å². The predicted octanol–water partition coefficient (Wildman–Crippen LogP) is 2.01. The summed E-state index contributed by atoms with van der Waals surface area (Å²) in [5, 5.41) is 0.551. The van der Waals surface area contributed by atoms with Crippen LogP contribution in [0.1, 0.15) is 24.8 Å². The molecule has 6 heteroatoms. The van der Waals surface area contributed by atoms with Crippen LogP contribution >= 0.6 is 11.6 Å². The summed E-state index contributed by atoms with van der Waals surface area (Å²) in [6, 6.07) is 5.55. The van der Waals surface area contributed by atoms with Gasteiger partial charge in [-0.2, -0.15) is 0 Å². The number of ether oxygens (including phenoxy) is 1. The molecule has 0 unspecified atom stereocenters. The molecule has 0 bridgehead atoms. The molecule has 22 heavy (non-hydrogen) atoms. The minimum atomic E-state index is -0.264. The van der Waals surface area contributed by atoms with Crippen molar-refractivity contribution in [3.8, 4) is 5.75 Å². The number of amides is 2. The topological polar surface area (TPSA) is 72.6 Å². The van der Waals surface area contributed by atoms with Gasteiger partial charge in [0.2, 0.25) is 11.8 Å². The van der Waals surface area contributed by atoms with Crippen LogP contribution in [0.2, 0.25) is 5.02 Å². The molecule has 0 saturated carbocycles. The quantitative estimate of drug-likeness (QED) is 0.900. The van der Waals surface area contributed by atoms with E-state index in [1.165, 1.54) is 0 Å². The lowest BCUT2D eigenvalue weighted by Crippen LogP contribution is -2.41. The molecule has 0 aromatic heterocycles. The van der Waals surface area contributed by atoms with Gasteiger partial charge in [0.15, 0.2) is 0 Å². The van der Waals surface area contributed by atoms with E-state index in [1.807, 2.05) is 17.0 Å². The number of nitrogens with two attached hydrogens (primary N) is 1. The van der Waals surface area contributed by atoms with Gasteiger partial charge in [-0.25, -0.2) is 0 Å². The van der Waals surface area contributed by atoms with Crippen LogP contribution in [0.5, 0.6) is 5.75 Å². The zero-order valence-corrected chi connectivity index (χ0v) is 13.4. The lowest BCUT2D eigenvalue weighted by atomic mass is 9.96. The molecule has 2 rings (SSSR count). The zero-order valence-electron chi connectivity index (χ0n) is 12.7. The Morgan fingerprint density at radius 3 is 2.59 bits per heavy atom. The van der Waals surface area contributed by atoms with E-state index >= 15 is 0 Å². The maximum absolute atomic E-state index is 12.2. The summed E-state index contributed by atoms with van der Waals surface area (Å²) < 4.78 is 5.11. The number of carbonyl (C=O) groups excluding carboxylic acids is 2. The van der Waals surface area contributed by atoms with Crippen LogP contribution in [0.15, 0.2) is 18.2 Å². The summed E-state index contributed by atoms with van der Waals surface area (Å²) in [5.74, 6) is 0.379. The molecule has 1 aromatic rings. The van der Waals surface area contributed by atoms with Crippen molar-refractivity contribution in [1.82, 2.24) is 4.90 Å². The number of methoxy groups -OCH3 is 1. The number of nitrogens with zero attached hydrogens (tertiary/aromatic N) is 1. The number of aryl methyl sites for hydroxylation is 1. The Bertz CT molecular complexity index is 554. The zero-order chi connectivity index (χ0) is 16.1. The molecule has 1 saturated heterocycles. The fourth-order valence-electron chi connectivity index (χ4n) is 2.69. The standard InChI is InChI=1S/C16H21ClN2O3/c1-22-14-4-2-11(10-13(14)17)3-5-15(20)19-8-6-12(7-9-19)16(18)21/h2,4,10,12H,3,5-9H2,1H3,(H2,18,21). The van der Waals surface area contributed by atoms with Crippen molar-refractivity contribution in [2.24, 2.45) is 11.7 Å². The molecule has 1 aliphatic heterocycles. The van der Waals surface area contributed by atoms with Gasteiger partial charge in [0.1, 0.15) is 5.75 Å². The lowest BCUT2D eigenvalue weighted by Gasteiger charge is -2.30. The highest BCUT2D eigenvalue weighted by molar-refractivity contribution is 6.32. The van der Waals surface area contributed by atoms with Gasteiger partial charge in [0.05, 0.1) is 12.1 Å². The summed E-state index contributed by atoms with van der Waals surface area (Å²) in [4.78, 5) is 25.1. The maximum atomic E-state index is 12.2. The van der Waals surface area contributed by atoms with Crippen LogP contribution in [0.3, 0.4) is 0 Å². The number of primary amides is 1. The lowest BCUT2D eigenvalue weighted by molar-refractivity contribution is -0.134. The number of hydrogen-bond donors (Lipinski definition) is 1. The average molecular weight is 325 g/mol. The van der Waals surface area contributed by atoms with Crippen molar-refractivity contribution in [2.45, 2.75) is 25.7 Å². The first kappa shape index (κ1) is 16.6. The highest BCUT2D eigenvalue weighted by Crippen LogP contribution is 2.25. The summed E-state index contributed by atoms with van der Waals surface area (Å²) >= 11 is 6.08. The third-order valence-corrected chi connectivity index (χ3v) is 4.39. The van der Waals surface area contributed by atoms with E-state index in [0.717, 1.165) is 5.56 Å². The number of likely N-dealkylation sites (tertiary alicyclic amines) is 1. The van der Waals surface area contributed by atoms with E-state index in [-0.39, 0.29) is 17.7 Å². The fourth-order valence-corrected chi connectivity index (χ4v) is 2.97. The van der Waals surface area contributed by atoms with Crippen LogP contribution in [0.4, 0.5) is 0 Å². The molecule has 1 heterocycles. The van der Waals surface area contributed by atoms with E-state index in [0.29, 0.717) is 49.5 Å². The van der Waals surface area contributed by atoms with Gasteiger partial charge in [-0.05, 0) is 37.0 Å². The Morgan fingerprint density at radius 1 is 1.36 bits per heavy atom. The van der Waals surface area contributed by atoms with Crippen LogP contribution in [-0.4, -0.2) is 36.9 Å². The number of rotatable bonds is 5. The second kappa shape index (κ2) is 7.49. The molecule has 1 aliphatic rings. The van der Waals surface area contributed by atoms with E-state index < -0.39 is 0 Å². The number of hydrogen-bond acceptors (Lipinski definition) is 3. The number of halogens is 1. The molecule has 1 fully saturated rings. The maximum Gasteiger partial charge on any atom is 0.222 e. The Kier molecular flexibility index (Phi) is 5.66. The molecular formula is C16H21ClN2O3. The van der Waals surface area contributed by atoms with Crippen molar-refractivity contribution in [3.05, 3.63) is 28.8 Å². The van der Waals surface area contributed by atoms with Crippen LogP contribution < -0.4 is 10.5 Å². The summed E-state index contributed by atoms with van der Waals surface area (Å²) in [6.45, 7) is 1.21. The molecule has 2 N–H and O–H groups in total. The predicted molar refractivity (Wildman–Crippen MR) is 84.8 cm³/mol. The van der Waals surface area contributed by atoms with Crippen molar-refractivity contribution >= 4 is 23.4 Å². The Morgan fingerprint density at radius 2 is 2.05 bits per heavy atom. The summed E-state index contributed by atoms with van der Waals surface area (Å²) in [7, 11) is 1.57. The largest absolute Gasteiger partial charge is 0.495 e. The molecule has 1 aromatic carbocycles. The Labute approximate surface area is 135 Å². The smallest absolute Gasteiger partial charge is 0.222 e. The second-order valence-corrected chi connectivity index (χ2v) is 5.93. The van der Waals surface area contributed by atoms with Crippen molar-refractivity contribution in [1.29, 1.82) is 0 Å². The molecule has 0 radical (unpaired) electrons. The minimum absolute atomic E-state index is 0.0931. The monoisotopic (exact) mass is 324 g/mol. The molecule has 5 nitrogen and oxygen atoms in total. The van der Waals surface area contributed by atoms with E-state index in [2.05, 4.69) is 0 Å². The van der Waals surface area contributed by atoms with E-state index in [4.69, 9.17) is 22.1 Å². The van der Waals surface area contributed by atoms with Crippen molar-refractivity contribution in [2.75, 3.05) is 20.2 Å². The third-order valence-electron chi connectivity index (χ3n) is 4.09. The molecular weight excluding hydrogens is 304 g/mol. The number of piperidine rings is 1. The highest BCUT2D eigenvalue weighted by atomic mass is 35.5. The minimum Gasteiger partial charge on any atom is -0.495 e. The first-order valence-electron chi connectivity index (χ1n) is 7.40. The van der Waals surface area contributed by atoms with Crippen LogP contribution in [0.25, 0.3) is 0 Å². The van der Waals surface area contributed by atoms with E-state index in [9.17, 15) is 9.59 Å². The van der Waals surface area contributed by atoms with Gasteiger partial charge >= 0.3 is 0 Å². The van der Waals surface area contributed by atoms with Crippen LogP contribution in [-0.2, 0) is 16.0 Å². The van der Waals surface area contributed by atoms with Gasteiger partial charge in [0, 0.05) is 25.4 Å². The van der Waals surface area contributed by atoms with Crippen molar-refractivity contribution < 1.29 is 14.3 Å². The SMILES string of the molecule is COc1ccc(CCC(=O)N2CCC(C(N)=O)CC2)cc1Cl. The molecule has 0 aliphatic carbocycles.